The van der Waals surface area contributed by atoms with Crippen LogP contribution in [0, 0.1) is 25.7 Å². The molecule has 0 bridgehead atoms. The zero-order chi connectivity index (χ0) is 44.4. The Kier molecular flexibility index (Phi) is 26.1. The highest BCUT2D eigenvalue weighted by molar-refractivity contribution is 7.11. The third-order valence-electron chi connectivity index (χ3n) is 13.9. The van der Waals surface area contributed by atoms with Crippen molar-refractivity contribution in [2.45, 2.75) is 247 Å². The fourth-order valence-corrected chi connectivity index (χ4v) is 12.0. The van der Waals surface area contributed by atoms with Crippen molar-refractivity contribution in [2.24, 2.45) is 11.8 Å². The number of carbonyl (C=O) groups excluding carboxylic acids is 2. The van der Waals surface area contributed by atoms with E-state index in [0.717, 1.165) is 46.8 Å². The molecule has 0 fully saturated rings. The molecule has 0 radical (unpaired) electrons. The Balaban J connectivity index is 1.62. The molecule has 350 valence electrons. The Morgan fingerprint density at radius 1 is 0.403 bits per heavy atom. The van der Waals surface area contributed by atoms with Gasteiger partial charge in [-0.2, -0.15) is 0 Å². The van der Waals surface area contributed by atoms with E-state index < -0.39 is 0 Å². The van der Waals surface area contributed by atoms with Gasteiger partial charge in [0, 0.05) is 13.1 Å². The number of amides is 2. The molecule has 2 aromatic heterocycles. The first-order valence-electron chi connectivity index (χ1n) is 26.6. The maximum absolute atomic E-state index is 15.3. The molecule has 0 aliphatic carbocycles. The highest BCUT2D eigenvalue weighted by Gasteiger charge is 2.50. The topological polar surface area (TPSA) is 40.6 Å². The maximum atomic E-state index is 15.3. The van der Waals surface area contributed by atoms with Crippen molar-refractivity contribution < 1.29 is 9.59 Å². The predicted octanol–water partition coefficient (Wildman–Crippen LogP) is 18.0. The van der Waals surface area contributed by atoms with Crippen molar-refractivity contribution in [3.63, 3.8) is 0 Å². The van der Waals surface area contributed by atoms with Crippen molar-refractivity contribution in [1.29, 1.82) is 0 Å². The van der Waals surface area contributed by atoms with E-state index in [0.29, 0.717) is 36.1 Å². The van der Waals surface area contributed by atoms with Crippen LogP contribution in [0.3, 0.4) is 0 Å². The van der Waals surface area contributed by atoms with E-state index in [2.05, 4.69) is 74.2 Å². The normalized spacial score (nSPS) is 15.3. The minimum atomic E-state index is 0.0670. The molecular weight excluding hydrogens is 797 g/mol. The number of carbonyl (C=O) groups is 2. The standard InChI is InChI=1S/C56H92N2O2S2/c1-7-11-15-19-23-25-29-33-37-47(35-31-27-21-17-13-9-3)41-57-53(49-39-45(5)43-61-49)51-52(55(57)59)54(50-40-46(6)44-62-50)58(56(51)60)42-48(36-32-28-22-18-14-10-4)38-34-30-26-24-20-16-12-8-2/h39-40,43-44,47-48H,7-38,41-42H2,1-6H3. The van der Waals surface area contributed by atoms with Crippen LogP contribution >= 0.6 is 22.7 Å². The molecule has 62 heavy (non-hydrogen) atoms. The second-order valence-corrected chi connectivity index (χ2v) is 21.4. The van der Waals surface area contributed by atoms with Gasteiger partial charge in [-0.3, -0.25) is 9.59 Å². The summed E-state index contributed by atoms with van der Waals surface area (Å²) in [6.07, 6.45) is 41.2. The lowest BCUT2D eigenvalue weighted by Gasteiger charge is -2.29. The molecule has 6 heteroatoms. The third kappa shape index (κ3) is 17.3. The Hall–Kier alpha value is -2.18. The van der Waals surface area contributed by atoms with Gasteiger partial charge in [0.05, 0.1) is 32.3 Å². The zero-order valence-electron chi connectivity index (χ0n) is 41.0. The molecule has 0 saturated heterocycles. The van der Waals surface area contributed by atoms with Gasteiger partial charge < -0.3 is 9.80 Å². The number of unbranched alkanes of at least 4 members (excludes halogenated alkanes) is 24. The fourth-order valence-electron chi connectivity index (χ4n) is 10.1. The van der Waals surface area contributed by atoms with Crippen LogP contribution in [0.5, 0.6) is 0 Å². The van der Waals surface area contributed by atoms with Crippen LogP contribution in [0.4, 0.5) is 0 Å². The lowest BCUT2D eigenvalue weighted by molar-refractivity contribution is -0.124. The molecule has 0 aromatic carbocycles. The summed E-state index contributed by atoms with van der Waals surface area (Å²) in [6.45, 7) is 14.9. The quantitative estimate of drug-likeness (QED) is 0.0630. The Labute approximate surface area is 390 Å². The van der Waals surface area contributed by atoms with E-state index in [1.807, 2.05) is 0 Å². The summed E-state index contributed by atoms with van der Waals surface area (Å²) in [7, 11) is 0. The minimum absolute atomic E-state index is 0.0670. The molecular formula is C56H92N2O2S2. The summed E-state index contributed by atoms with van der Waals surface area (Å²) in [5, 5.41) is 4.39. The first-order chi connectivity index (χ1) is 30.3. The second kappa shape index (κ2) is 30.9. The number of fused-ring (bicyclic) bond motifs is 1. The largest absolute Gasteiger partial charge is 0.306 e. The average molecular weight is 889 g/mol. The van der Waals surface area contributed by atoms with Gasteiger partial charge in [0.1, 0.15) is 0 Å². The van der Waals surface area contributed by atoms with Crippen LogP contribution in [0.2, 0.25) is 0 Å². The minimum Gasteiger partial charge on any atom is -0.306 e. The molecule has 2 amide bonds. The van der Waals surface area contributed by atoms with Gasteiger partial charge in [-0.15, -0.1) is 22.7 Å². The lowest BCUT2D eigenvalue weighted by atomic mass is 9.93. The third-order valence-corrected chi connectivity index (χ3v) is 16.0. The van der Waals surface area contributed by atoms with E-state index in [-0.39, 0.29) is 11.8 Å². The van der Waals surface area contributed by atoms with Gasteiger partial charge in [-0.05, 0) is 85.4 Å². The monoisotopic (exact) mass is 889 g/mol. The summed E-state index contributed by atoms with van der Waals surface area (Å²) in [5.74, 6) is 1.01. The van der Waals surface area contributed by atoms with E-state index >= 15 is 9.59 Å². The molecule has 2 aliphatic heterocycles. The summed E-state index contributed by atoms with van der Waals surface area (Å²) in [6, 6.07) is 4.46. The zero-order valence-corrected chi connectivity index (χ0v) is 42.7. The highest BCUT2D eigenvalue weighted by Crippen LogP contribution is 2.49. The maximum Gasteiger partial charge on any atom is 0.261 e. The van der Waals surface area contributed by atoms with E-state index in [1.165, 1.54) is 191 Å². The van der Waals surface area contributed by atoms with Gasteiger partial charge in [-0.1, -0.05) is 207 Å². The fraction of sp³-hybridized carbons (Fsp3) is 0.750. The number of aryl methyl sites for hydroxylation is 2. The number of hydrogen-bond acceptors (Lipinski definition) is 4. The van der Waals surface area contributed by atoms with Crippen molar-refractivity contribution in [3.05, 3.63) is 54.9 Å². The SMILES string of the molecule is CCCCCCCCCCC(CCCCCCCC)CN1C(=O)C2=C(c3cc(C)cs3)N(CC(CCCCCCCC)CCCCCCCCCC)C(=O)C2=C1c1cc(C)cs1. The van der Waals surface area contributed by atoms with Crippen LogP contribution in [0.25, 0.3) is 11.4 Å². The van der Waals surface area contributed by atoms with Crippen LogP contribution in [0.15, 0.2) is 34.0 Å². The average Bonchev–Trinajstić information content (AvgIpc) is 4.03. The Morgan fingerprint density at radius 2 is 0.661 bits per heavy atom. The van der Waals surface area contributed by atoms with Gasteiger partial charge in [-0.25, -0.2) is 0 Å². The first-order valence-corrected chi connectivity index (χ1v) is 28.3. The number of thiophene rings is 2. The van der Waals surface area contributed by atoms with Crippen LogP contribution < -0.4 is 0 Å². The van der Waals surface area contributed by atoms with Crippen molar-refractivity contribution in [3.8, 4) is 0 Å². The Morgan fingerprint density at radius 3 is 0.903 bits per heavy atom. The molecule has 0 N–H and O–H groups in total. The molecule has 2 atom stereocenters. The van der Waals surface area contributed by atoms with Crippen molar-refractivity contribution >= 4 is 45.9 Å². The van der Waals surface area contributed by atoms with Crippen molar-refractivity contribution in [1.82, 2.24) is 9.80 Å². The molecule has 2 aromatic rings. The molecule has 0 spiro atoms. The molecule has 4 nitrogen and oxygen atoms in total. The lowest BCUT2D eigenvalue weighted by Crippen LogP contribution is -2.34. The van der Waals surface area contributed by atoms with E-state index in [1.54, 1.807) is 22.7 Å². The molecule has 4 heterocycles. The summed E-state index contributed by atoms with van der Waals surface area (Å²) in [5.41, 5.74) is 5.58. The summed E-state index contributed by atoms with van der Waals surface area (Å²) >= 11 is 3.41. The summed E-state index contributed by atoms with van der Waals surface area (Å²) in [4.78, 5) is 37.0. The second-order valence-electron chi connectivity index (χ2n) is 19.6. The van der Waals surface area contributed by atoms with Gasteiger partial charge in [0.25, 0.3) is 11.8 Å². The molecule has 2 unspecified atom stereocenters. The van der Waals surface area contributed by atoms with Crippen molar-refractivity contribution in [2.75, 3.05) is 13.1 Å². The van der Waals surface area contributed by atoms with E-state index in [9.17, 15) is 0 Å². The number of rotatable bonds is 38. The van der Waals surface area contributed by atoms with Gasteiger partial charge in [0.15, 0.2) is 0 Å². The van der Waals surface area contributed by atoms with Gasteiger partial charge >= 0.3 is 0 Å². The van der Waals surface area contributed by atoms with E-state index in [4.69, 9.17) is 0 Å². The Bertz CT molecular complexity index is 1500. The molecule has 0 saturated carbocycles. The predicted molar refractivity (Wildman–Crippen MR) is 273 cm³/mol. The van der Waals surface area contributed by atoms with Crippen LogP contribution in [-0.2, 0) is 9.59 Å². The highest BCUT2D eigenvalue weighted by atomic mass is 32.1. The van der Waals surface area contributed by atoms with Crippen LogP contribution in [0.1, 0.15) is 254 Å². The summed E-state index contributed by atoms with van der Waals surface area (Å²) < 4.78 is 0. The molecule has 2 aliphatic rings. The number of nitrogens with zero attached hydrogens (tertiary/aromatic N) is 2. The molecule has 4 rings (SSSR count). The first kappa shape index (κ1) is 52.4. The van der Waals surface area contributed by atoms with Crippen LogP contribution in [-0.4, -0.2) is 34.7 Å². The van der Waals surface area contributed by atoms with Gasteiger partial charge in [0.2, 0.25) is 0 Å². The smallest absolute Gasteiger partial charge is 0.261 e. The number of hydrogen-bond donors (Lipinski definition) is 0.